The highest BCUT2D eigenvalue weighted by Crippen LogP contribution is 2.24. The van der Waals surface area contributed by atoms with Crippen LogP contribution in [0.1, 0.15) is 23.1 Å². The van der Waals surface area contributed by atoms with E-state index < -0.39 is 0 Å². The quantitative estimate of drug-likeness (QED) is 0.798. The molecule has 0 aliphatic heterocycles. The van der Waals surface area contributed by atoms with E-state index in [0.29, 0.717) is 12.2 Å². The summed E-state index contributed by atoms with van der Waals surface area (Å²) in [7, 11) is 0. The van der Waals surface area contributed by atoms with Gasteiger partial charge in [0.25, 0.3) is 5.91 Å². The Kier molecular flexibility index (Phi) is 3.28. The third-order valence-corrected chi connectivity index (χ3v) is 4.04. The topological polar surface area (TPSA) is 46.9 Å². The van der Waals surface area contributed by atoms with Crippen molar-refractivity contribution in [2.45, 2.75) is 20.4 Å². The van der Waals surface area contributed by atoms with Crippen molar-refractivity contribution in [1.82, 2.24) is 9.78 Å². The molecule has 0 spiro atoms. The Morgan fingerprint density at radius 1 is 1.35 bits per heavy atom. The Labute approximate surface area is 121 Å². The minimum absolute atomic E-state index is 0.123. The van der Waals surface area contributed by atoms with Crippen LogP contribution in [0.5, 0.6) is 0 Å². The van der Waals surface area contributed by atoms with Crippen LogP contribution in [0.15, 0.2) is 35.7 Å². The van der Waals surface area contributed by atoms with E-state index in [1.807, 2.05) is 43.5 Å². The van der Waals surface area contributed by atoms with Gasteiger partial charge in [-0.2, -0.15) is 5.10 Å². The second kappa shape index (κ2) is 5.09. The van der Waals surface area contributed by atoms with Gasteiger partial charge in [-0.15, -0.1) is 11.3 Å². The molecule has 1 N–H and O–H groups in total. The summed E-state index contributed by atoms with van der Waals surface area (Å²) in [4.78, 5) is 12.3. The zero-order valence-corrected chi connectivity index (χ0v) is 12.2. The fourth-order valence-corrected chi connectivity index (χ4v) is 2.98. The molecule has 2 heterocycles. The molecule has 5 heteroatoms. The molecule has 3 rings (SSSR count). The SMILES string of the molecule is CCn1nc(C)cc1C(=O)Nc1ccc2sccc2c1. The van der Waals surface area contributed by atoms with Gasteiger partial charge < -0.3 is 5.32 Å². The number of hydrogen-bond donors (Lipinski definition) is 1. The maximum absolute atomic E-state index is 12.3. The highest BCUT2D eigenvalue weighted by molar-refractivity contribution is 7.17. The molecule has 1 aromatic carbocycles. The Morgan fingerprint density at radius 2 is 2.20 bits per heavy atom. The van der Waals surface area contributed by atoms with Crippen LogP contribution < -0.4 is 5.32 Å². The molecular weight excluding hydrogens is 270 g/mol. The minimum Gasteiger partial charge on any atom is -0.321 e. The van der Waals surface area contributed by atoms with E-state index in [4.69, 9.17) is 0 Å². The van der Waals surface area contributed by atoms with Crippen molar-refractivity contribution in [2.75, 3.05) is 5.32 Å². The lowest BCUT2D eigenvalue weighted by molar-refractivity contribution is 0.101. The second-order valence-corrected chi connectivity index (χ2v) is 5.56. The van der Waals surface area contributed by atoms with Crippen molar-refractivity contribution in [3.05, 3.63) is 47.1 Å². The fraction of sp³-hybridized carbons (Fsp3) is 0.200. The van der Waals surface area contributed by atoms with Gasteiger partial charge in [-0.05, 0) is 54.9 Å². The first-order valence-corrected chi connectivity index (χ1v) is 7.38. The fourth-order valence-electron chi connectivity index (χ4n) is 2.21. The number of aromatic nitrogens is 2. The molecular formula is C15H15N3OS. The molecule has 3 aromatic rings. The average molecular weight is 285 g/mol. The Morgan fingerprint density at radius 3 is 3.00 bits per heavy atom. The first kappa shape index (κ1) is 12.9. The number of amides is 1. The molecule has 0 atom stereocenters. The predicted molar refractivity (Wildman–Crippen MR) is 82.4 cm³/mol. The van der Waals surface area contributed by atoms with Crippen molar-refractivity contribution in [1.29, 1.82) is 0 Å². The molecule has 0 fully saturated rings. The lowest BCUT2D eigenvalue weighted by Crippen LogP contribution is -2.17. The van der Waals surface area contributed by atoms with E-state index in [9.17, 15) is 4.79 Å². The van der Waals surface area contributed by atoms with Gasteiger partial charge in [0.15, 0.2) is 0 Å². The summed E-state index contributed by atoms with van der Waals surface area (Å²) < 4.78 is 2.94. The number of anilines is 1. The molecule has 1 amide bonds. The maximum Gasteiger partial charge on any atom is 0.273 e. The summed E-state index contributed by atoms with van der Waals surface area (Å²) >= 11 is 1.69. The number of thiophene rings is 1. The standard InChI is InChI=1S/C15H15N3OS/c1-3-18-13(8-10(2)17-18)15(19)16-12-4-5-14-11(9-12)6-7-20-14/h4-9H,3H2,1-2H3,(H,16,19). The first-order valence-electron chi connectivity index (χ1n) is 6.50. The molecule has 20 heavy (non-hydrogen) atoms. The highest BCUT2D eigenvalue weighted by Gasteiger charge is 2.13. The summed E-state index contributed by atoms with van der Waals surface area (Å²) in [5.41, 5.74) is 2.25. The van der Waals surface area contributed by atoms with Crippen molar-refractivity contribution in [2.24, 2.45) is 0 Å². The molecule has 2 aromatic heterocycles. The lowest BCUT2D eigenvalue weighted by Gasteiger charge is -2.06. The summed E-state index contributed by atoms with van der Waals surface area (Å²) in [6.07, 6.45) is 0. The molecule has 0 radical (unpaired) electrons. The minimum atomic E-state index is -0.123. The second-order valence-electron chi connectivity index (χ2n) is 4.61. The van der Waals surface area contributed by atoms with E-state index >= 15 is 0 Å². The van der Waals surface area contributed by atoms with Crippen molar-refractivity contribution >= 4 is 33.0 Å². The molecule has 0 bridgehead atoms. The van der Waals surface area contributed by atoms with E-state index in [-0.39, 0.29) is 5.91 Å². The number of nitrogens with one attached hydrogen (secondary N) is 1. The molecule has 4 nitrogen and oxygen atoms in total. The predicted octanol–water partition coefficient (Wildman–Crippen LogP) is 3.68. The normalized spacial score (nSPS) is 10.9. The summed E-state index contributed by atoms with van der Waals surface area (Å²) in [6.45, 7) is 4.54. The molecule has 0 saturated heterocycles. The van der Waals surface area contributed by atoms with Crippen molar-refractivity contribution in [3.8, 4) is 0 Å². The van der Waals surface area contributed by atoms with E-state index in [1.54, 1.807) is 16.0 Å². The zero-order chi connectivity index (χ0) is 14.1. The van der Waals surface area contributed by atoms with E-state index in [1.165, 1.54) is 4.70 Å². The van der Waals surface area contributed by atoms with Gasteiger partial charge in [0.05, 0.1) is 5.69 Å². The Balaban J connectivity index is 1.87. The number of benzene rings is 1. The van der Waals surface area contributed by atoms with Gasteiger partial charge in [-0.25, -0.2) is 0 Å². The largest absolute Gasteiger partial charge is 0.321 e. The monoisotopic (exact) mass is 285 g/mol. The van der Waals surface area contributed by atoms with Crippen molar-refractivity contribution in [3.63, 3.8) is 0 Å². The van der Waals surface area contributed by atoms with Gasteiger partial charge in [0, 0.05) is 16.9 Å². The Bertz CT molecular complexity index is 772. The third-order valence-electron chi connectivity index (χ3n) is 3.14. The molecule has 0 aliphatic carbocycles. The summed E-state index contributed by atoms with van der Waals surface area (Å²) in [5.74, 6) is -0.123. The smallest absolute Gasteiger partial charge is 0.273 e. The van der Waals surface area contributed by atoms with Gasteiger partial charge >= 0.3 is 0 Å². The number of carbonyl (C=O) groups is 1. The average Bonchev–Trinajstić information content (AvgIpc) is 3.03. The first-order chi connectivity index (χ1) is 9.67. The van der Waals surface area contributed by atoms with Crippen molar-refractivity contribution < 1.29 is 4.79 Å². The van der Waals surface area contributed by atoms with Crippen LogP contribution >= 0.6 is 11.3 Å². The summed E-state index contributed by atoms with van der Waals surface area (Å²) in [6, 6.07) is 9.80. The molecule has 0 unspecified atom stereocenters. The lowest BCUT2D eigenvalue weighted by atomic mass is 10.2. The number of rotatable bonds is 3. The van der Waals surface area contributed by atoms with Crippen LogP contribution in [0.4, 0.5) is 5.69 Å². The Hall–Kier alpha value is -2.14. The van der Waals surface area contributed by atoms with Gasteiger partial charge in [0.2, 0.25) is 0 Å². The van der Waals surface area contributed by atoms with Crippen LogP contribution in [-0.2, 0) is 6.54 Å². The van der Waals surface area contributed by atoms with Crippen LogP contribution in [0.3, 0.4) is 0 Å². The molecule has 102 valence electrons. The van der Waals surface area contributed by atoms with E-state index in [2.05, 4.69) is 16.5 Å². The van der Waals surface area contributed by atoms with Gasteiger partial charge in [0.1, 0.15) is 5.69 Å². The third kappa shape index (κ3) is 2.32. The van der Waals surface area contributed by atoms with Gasteiger partial charge in [-0.3, -0.25) is 9.48 Å². The number of nitrogens with zero attached hydrogens (tertiary/aromatic N) is 2. The zero-order valence-electron chi connectivity index (χ0n) is 11.4. The number of carbonyl (C=O) groups excluding carboxylic acids is 1. The number of aryl methyl sites for hydroxylation is 2. The van der Waals surface area contributed by atoms with Gasteiger partial charge in [-0.1, -0.05) is 0 Å². The molecule has 0 saturated carbocycles. The number of fused-ring (bicyclic) bond motifs is 1. The van der Waals surface area contributed by atoms with Crippen LogP contribution in [0, 0.1) is 6.92 Å². The maximum atomic E-state index is 12.3. The molecule has 0 aliphatic rings. The van der Waals surface area contributed by atoms with Crippen LogP contribution in [0.2, 0.25) is 0 Å². The van der Waals surface area contributed by atoms with E-state index in [0.717, 1.165) is 16.8 Å². The number of hydrogen-bond acceptors (Lipinski definition) is 3. The highest BCUT2D eigenvalue weighted by atomic mass is 32.1. The van der Waals surface area contributed by atoms with Crippen LogP contribution in [-0.4, -0.2) is 15.7 Å². The summed E-state index contributed by atoms with van der Waals surface area (Å²) in [5, 5.41) is 10.4. The van der Waals surface area contributed by atoms with Crippen LogP contribution in [0.25, 0.3) is 10.1 Å².